The number of hydrogen-bond acceptors (Lipinski definition) is 4. The monoisotopic (exact) mass is 390 g/mol. The summed E-state index contributed by atoms with van der Waals surface area (Å²) in [6.07, 6.45) is 4.46. The maximum atomic E-state index is 13.0. The molecule has 0 radical (unpaired) electrons. The van der Waals surface area contributed by atoms with Crippen molar-refractivity contribution in [3.05, 3.63) is 66.5 Å². The third-order valence-electron chi connectivity index (χ3n) is 5.15. The van der Waals surface area contributed by atoms with Crippen molar-refractivity contribution < 1.29 is 14.3 Å². The molecule has 1 saturated heterocycles. The van der Waals surface area contributed by atoms with Crippen LogP contribution in [0.25, 0.3) is 11.1 Å². The van der Waals surface area contributed by atoms with E-state index in [-0.39, 0.29) is 11.8 Å². The van der Waals surface area contributed by atoms with E-state index < -0.39 is 6.04 Å². The molecule has 0 saturated carbocycles. The van der Waals surface area contributed by atoms with Crippen molar-refractivity contribution >= 4 is 17.5 Å². The second-order valence-electron chi connectivity index (χ2n) is 6.91. The molecule has 2 N–H and O–H groups in total. The highest BCUT2D eigenvalue weighted by Crippen LogP contribution is 2.30. The van der Waals surface area contributed by atoms with E-state index in [0.29, 0.717) is 24.2 Å². The molecule has 0 spiro atoms. The Kier molecular flexibility index (Phi) is 5.29. The summed E-state index contributed by atoms with van der Waals surface area (Å²) in [5.74, 6) is 0.412. The van der Waals surface area contributed by atoms with Crippen LogP contribution in [0.2, 0.25) is 0 Å². The molecule has 1 aliphatic rings. The maximum Gasteiger partial charge on any atom is 0.257 e. The number of hydrogen-bond donors (Lipinski definition) is 2. The van der Waals surface area contributed by atoms with Gasteiger partial charge in [-0.05, 0) is 36.6 Å². The van der Waals surface area contributed by atoms with E-state index in [9.17, 15) is 9.59 Å². The number of carbonyl (C=O) groups excluding carboxylic acids is 2. The third kappa shape index (κ3) is 3.85. The topological polar surface area (TPSA) is 87.3 Å². The number of H-pyrrole nitrogens is 1. The second kappa shape index (κ2) is 8.18. The second-order valence-corrected chi connectivity index (χ2v) is 6.91. The molecule has 1 aromatic heterocycles. The zero-order valence-electron chi connectivity index (χ0n) is 16.1. The van der Waals surface area contributed by atoms with Crippen molar-refractivity contribution in [2.75, 3.05) is 19.0 Å². The summed E-state index contributed by atoms with van der Waals surface area (Å²) in [4.78, 5) is 27.4. The summed E-state index contributed by atoms with van der Waals surface area (Å²) in [5, 5.41) is 9.49. The van der Waals surface area contributed by atoms with Gasteiger partial charge in [0.05, 0.1) is 18.9 Å². The van der Waals surface area contributed by atoms with Gasteiger partial charge < -0.3 is 15.0 Å². The lowest BCUT2D eigenvalue weighted by molar-refractivity contribution is -0.119. The number of nitrogens with one attached hydrogen (secondary N) is 2. The highest BCUT2D eigenvalue weighted by atomic mass is 16.5. The minimum Gasteiger partial charge on any atom is -0.497 e. The van der Waals surface area contributed by atoms with Crippen LogP contribution in [0.4, 0.5) is 5.69 Å². The fourth-order valence-electron chi connectivity index (χ4n) is 3.65. The van der Waals surface area contributed by atoms with Gasteiger partial charge >= 0.3 is 0 Å². The molecule has 2 aromatic carbocycles. The molecular formula is C22H22N4O3. The Morgan fingerprint density at radius 1 is 1.17 bits per heavy atom. The SMILES string of the molecule is COc1ccc(-c2ccccc2NC(=O)[C@H]2CCCN2C(=O)c2cn[nH]c2)cc1. The smallest absolute Gasteiger partial charge is 0.257 e. The zero-order valence-corrected chi connectivity index (χ0v) is 16.1. The fourth-order valence-corrected chi connectivity index (χ4v) is 3.65. The van der Waals surface area contributed by atoms with Crippen LogP contribution >= 0.6 is 0 Å². The Labute approximate surface area is 168 Å². The van der Waals surface area contributed by atoms with Gasteiger partial charge in [0.1, 0.15) is 11.8 Å². The van der Waals surface area contributed by atoms with Gasteiger partial charge in [-0.25, -0.2) is 0 Å². The van der Waals surface area contributed by atoms with Crippen LogP contribution in [-0.4, -0.2) is 46.6 Å². The molecule has 1 atom stereocenters. The normalized spacial score (nSPS) is 15.9. The van der Waals surface area contributed by atoms with Gasteiger partial charge in [0.25, 0.3) is 5.91 Å². The molecule has 2 heterocycles. The van der Waals surface area contributed by atoms with Crippen LogP contribution < -0.4 is 10.1 Å². The number of anilines is 1. The summed E-state index contributed by atoms with van der Waals surface area (Å²) in [6, 6.07) is 14.8. The van der Waals surface area contributed by atoms with E-state index in [2.05, 4.69) is 15.5 Å². The number of methoxy groups -OCH3 is 1. The van der Waals surface area contributed by atoms with Crippen LogP contribution in [-0.2, 0) is 4.79 Å². The number of benzene rings is 2. The molecule has 2 amide bonds. The van der Waals surface area contributed by atoms with Crippen molar-refractivity contribution in [2.45, 2.75) is 18.9 Å². The number of aromatic nitrogens is 2. The minimum absolute atomic E-state index is 0.180. The van der Waals surface area contributed by atoms with Gasteiger partial charge in [-0.2, -0.15) is 5.10 Å². The molecule has 148 valence electrons. The molecule has 0 unspecified atom stereocenters. The quantitative estimate of drug-likeness (QED) is 0.700. The van der Waals surface area contributed by atoms with Crippen molar-refractivity contribution in [1.82, 2.24) is 15.1 Å². The van der Waals surface area contributed by atoms with Gasteiger partial charge in [0.2, 0.25) is 5.91 Å². The number of aromatic amines is 1. The fraction of sp³-hybridized carbons (Fsp3) is 0.227. The predicted octanol–water partition coefficient (Wildman–Crippen LogP) is 3.33. The molecule has 7 heteroatoms. The van der Waals surface area contributed by atoms with Gasteiger partial charge in [0.15, 0.2) is 0 Å². The van der Waals surface area contributed by atoms with Gasteiger partial charge in [0, 0.05) is 24.0 Å². The number of ether oxygens (including phenoxy) is 1. The first-order valence-corrected chi connectivity index (χ1v) is 9.51. The van der Waals surface area contributed by atoms with E-state index in [4.69, 9.17) is 4.74 Å². The first-order chi connectivity index (χ1) is 14.2. The predicted molar refractivity (Wildman–Crippen MR) is 110 cm³/mol. The summed E-state index contributed by atoms with van der Waals surface area (Å²) in [7, 11) is 1.63. The lowest BCUT2D eigenvalue weighted by Crippen LogP contribution is -2.43. The summed E-state index contributed by atoms with van der Waals surface area (Å²) in [5.41, 5.74) is 3.06. The molecule has 29 heavy (non-hydrogen) atoms. The van der Waals surface area contributed by atoms with E-state index in [1.54, 1.807) is 18.2 Å². The summed E-state index contributed by atoms with van der Waals surface area (Å²) >= 11 is 0. The number of rotatable bonds is 5. The Morgan fingerprint density at radius 2 is 1.97 bits per heavy atom. The van der Waals surface area contributed by atoms with E-state index in [1.807, 2.05) is 48.5 Å². The van der Waals surface area contributed by atoms with Gasteiger partial charge in [-0.15, -0.1) is 0 Å². The average molecular weight is 390 g/mol. The van der Waals surface area contributed by atoms with E-state index in [1.165, 1.54) is 6.20 Å². The molecule has 0 aliphatic carbocycles. The molecule has 0 bridgehead atoms. The Morgan fingerprint density at radius 3 is 2.69 bits per heavy atom. The Balaban J connectivity index is 1.54. The van der Waals surface area contributed by atoms with Crippen molar-refractivity contribution in [3.8, 4) is 16.9 Å². The molecular weight excluding hydrogens is 368 g/mol. The lowest BCUT2D eigenvalue weighted by atomic mass is 10.0. The van der Waals surface area contributed by atoms with Crippen molar-refractivity contribution in [1.29, 1.82) is 0 Å². The Bertz CT molecular complexity index is 999. The molecule has 1 fully saturated rings. The molecule has 1 aliphatic heterocycles. The maximum absolute atomic E-state index is 13.0. The minimum atomic E-state index is -0.499. The number of amides is 2. The summed E-state index contributed by atoms with van der Waals surface area (Å²) < 4.78 is 5.22. The number of likely N-dealkylation sites (tertiary alicyclic amines) is 1. The number of para-hydroxylation sites is 1. The molecule has 3 aromatic rings. The lowest BCUT2D eigenvalue weighted by Gasteiger charge is -2.24. The first kappa shape index (κ1) is 18.7. The van der Waals surface area contributed by atoms with Crippen LogP contribution in [0.5, 0.6) is 5.75 Å². The average Bonchev–Trinajstić information content (AvgIpc) is 3.46. The van der Waals surface area contributed by atoms with Crippen molar-refractivity contribution in [3.63, 3.8) is 0 Å². The zero-order chi connectivity index (χ0) is 20.2. The standard InChI is InChI=1S/C22H22N4O3/c1-29-17-10-8-15(9-11-17)18-5-2-3-6-19(18)25-21(27)20-7-4-12-26(20)22(28)16-13-23-24-14-16/h2-3,5-6,8-11,13-14,20H,4,7,12H2,1H3,(H,23,24)(H,25,27)/t20-/m1/s1. The van der Waals surface area contributed by atoms with E-state index >= 15 is 0 Å². The molecule has 7 nitrogen and oxygen atoms in total. The highest BCUT2D eigenvalue weighted by molar-refractivity contribution is 6.03. The van der Waals surface area contributed by atoms with Crippen LogP contribution in [0.3, 0.4) is 0 Å². The largest absolute Gasteiger partial charge is 0.497 e. The first-order valence-electron chi connectivity index (χ1n) is 9.51. The Hall–Kier alpha value is -3.61. The van der Waals surface area contributed by atoms with E-state index in [0.717, 1.165) is 23.3 Å². The summed E-state index contributed by atoms with van der Waals surface area (Å²) in [6.45, 7) is 0.558. The number of nitrogens with zero attached hydrogens (tertiary/aromatic N) is 2. The highest BCUT2D eigenvalue weighted by Gasteiger charge is 2.35. The molecule has 4 rings (SSSR count). The van der Waals surface area contributed by atoms with Crippen LogP contribution in [0.1, 0.15) is 23.2 Å². The third-order valence-corrected chi connectivity index (χ3v) is 5.15. The van der Waals surface area contributed by atoms with Crippen LogP contribution in [0.15, 0.2) is 60.9 Å². The number of carbonyl (C=O) groups is 2. The van der Waals surface area contributed by atoms with Gasteiger partial charge in [-0.3, -0.25) is 14.7 Å². The van der Waals surface area contributed by atoms with Crippen LogP contribution in [0, 0.1) is 0 Å². The van der Waals surface area contributed by atoms with Crippen molar-refractivity contribution in [2.24, 2.45) is 0 Å². The van der Waals surface area contributed by atoms with Gasteiger partial charge in [-0.1, -0.05) is 30.3 Å².